The topological polar surface area (TPSA) is 73.0 Å². The van der Waals surface area contributed by atoms with Gasteiger partial charge in [0.2, 0.25) is 5.91 Å². The van der Waals surface area contributed by atoms with Crippen molar-refractivity contribution in [3.63, 3.8) is 0 Å². The Kier molecular flexibility index (Phi) is 6.08. The molecule has 1 spiro atoms. The van der Waals surface area contributed by atoms with Crippen LogP contribution >= 0.6 is 0 Å². The van der Waals surface area contributed by atoms with Crippen LogP contribution in [-0.2, 0) is 9.59 Å². The van der Waals surface area contributed by atoms with Gasteiger partial charge in [-0.1, -0.05) is 20.8 Å². The first kappa shape index (κ1) is 20.1. The number of carbonyl (C=O) groups excluding carboxylic acids is 3. The lowest BCUT2D eigenvalue weighted by Gasteiger charge is -2.39. The van der Waals surface area contributed by atoms with Gasteiger partial charge in [-0.2, -0.15) is 0 Å². The van der Waals surface area contributed by atoms with E-state index < -0.39 is 5.54 Å². The number of nitrogens with one attached hydrogen (secondary N) is 1. The molecule has 7 heteroatoms. The third kappa shape index (κ3) is 4.13. The summed E-state index contributed by atoms with van der Waals surface area (Å²) in [5.74, 6) is 0.363. The van der Waals surface area contributed by atoms with Gasteiger partial charge in [0.25, 0.3) is 5.91 Å². The third-order valence-electron chi connectivity index (χ3n) is 6.14. The van der Waals surface area contributed by atoms with Gasteiger partial charge in [-0.3, -0.25) is 14.5 Å². The number of amides is 4. The summed E-state index contributed by atoms with van der Waals surface area (Å²) in [4.78, 5) is 44.0. The molecule has 27 heavy (non-hydrogen) atoms. The molecule has 0 aliphatic carbocycles. The zero-order valence-electron chi connectivity index (χ0n) is 17.0. The van der Waals surface area contributed by atoms with Crippen LogP contribution in [0.3, 0.4) is 0 Å². The number of piperidine rings is 2. The molecule has 3 heterocycles. The van der Waals surface area contributed by atoms with E-state index in [1.54, 1.807) is 0 Å². The van der Waals surface area contributed by atoms with E-state index in [0.717, 1.165) is 45.4 Å². The fraction of sp³-hybridized carbons (Fsp3) is 0.850. The minimum atomic E-state index is -0.731. The lowest BCUT2D eigenvalue weighted by molar-refractivity contribution is -0.139. The van der Waals surface area contributed by atoms with Crippen molar-refractivity contribution in [3.05, 3.63) is 0 Å². The normalized spacial score (nSPS) is 26.1. The van der Waals surface area contributed by atoms with Crippen LogP contribution in [-0.4, -0.2) is 76.8 Å². The molecule has 1 unspecified atom stereocenters. The molecule has 152 valence electrons. The van der Waals surface area contributed by atoms with Gasteiger partial charge in [-0.15, -0.1) is 0 Å². The van der Waals surface area contributed by atoms with Gasteiger partial charge in [0.15, 0.2) is 0 Å². The molecule has 3 rings (SSSR count). The molecule has 7 nitrogen and oxygen atoms in total. The Morgan fingerprint density at radius 2 is 1.93 bits per heavy atom. The highest BCUT2D eigenvalue weighted by Crippen LogP contribution is 2.32. The Hall–Kier alpha value is -1.63. The quantitative estimate of drug-likeness (QED) is 0.741. The Morgan fingerprint density at radius 1 is 1.22 bits per heavy atom. The SMILES string of the molecule is CCCN1CCC2(CC1)NC(=O)N(C1CCCN(C(=O)CC(C)C)C1)C2=O. The largest absolute Gasteiger partial charge is 0.341 e. The second kappa shape index (κ2) is 8.17. The molecule has 3 fully saturated rings. The lowest BCUT2D eigenvalue weighted by atomic mass is 9.87. The highest BCUT2D eigenvalue weighted by Gasteiger charge is 2.54. The number of hydrogen-bond donors (Lipinski definition) is 1. The predicted octanol–water partition coefficient (Wildman–Crippen LogP) is 1.82. The molecule has 0 radical (unpaired) electrons. The zero-order valence-corrected chi connectivity index (χ0v) is 17.0. The van der Waals surface area contributed by atoms with Crippen molar-refractivity contribution >= 4 is 17.8 Å². The monoisotopic (exact) mass is 378 g/mol. The van der Waals surface area contributed by atoms with Crippen LogP contribution < -0.4 is 5.32 Å². The maximum absolute atomic E-state index is 13.2. The van der Waals surface area contributed by atoms with Crippen molar-refractivity contribution < 1.29 is 14.4 Å². The number of hydrogen-bond acceptors (Lipinski definition) is 4. The summed E-state index contributed by atoms with van der Waals surface area (Å²) in [5, 5.41) is 3.01. The van der Waals surface area contributed by atoms with Crippen LogP contribution in [0.25, 0.3) is 0 Å². The lowest BCUT2D eigenvalue weighted by Crippen LogP contribution is -2.56. The summed E-state index contributed by atoms with van der Waals surface area (Å²) in [7, 11) is 0. The van der Waals surface area contributed by atoms with Crippen LogP contribution in [0.2, 0.25) is 0 Å². The Morgan fingerprint density at radius 3 is 2.56 bits per heavy atom. The summed E-state index contributed by atoms with van der Waals surface area (Å²) in [6, 6.07) is -0.470. The Labute approximate surface area is 162 Å². The number of likely N-dealkylation sites (tertiary alicyclic amines) is 2. The molecule has 3 saturated heterocycles. The first-order valence-electron chi connectivity index (χ1n) is 10.5. The summed E-state index contributed by atoms with van der Waals surface area (Å²) in [5.41, 5.74) is -0.731. The molecule has 0 aromatic carbocycles. The van der Waals surface area contributed by atoms with E-state index in [9.17, 15) is 14.4 Å². The van der Waals surface area contributed by atoms with Crippen molar-refractivity contribution in [2.45, 2.75) is 70.9 Å². The smallest absolute Gasteiger partial charge is 0.325 e. The van der Waals surface area contributed by atoms with E-state index in [1.165, 1.54) is 4.90 Å². The van der Waals surface area contributed by atoms with Gasteiger partial charge in [-0.05, 0) is 44.6 Å². The van der Waals surface area contributed by atoms with Crippen LogP contribution in [0.5, 0.6) is 0 Å². The highest BCUT2D eigenvalue weighted by atomic mass is 16.2. The number of nitrogens with zero attached hydrogens (tertiary/aromatic N) is 3. The average Bonchev–Trinajstić information content (AvgIpc) is 2.87. The van der Waals surface area contributed by atoms with Crippen molar-refractivity contribution in [1.29, 1.82) is 0 Å². The van der Waals surface area contributed by atoms with E-state index >= 15 is 0 Å². The first-order chi connectivity index (χ1) is 12.9. The second-order valence-corrected chi connectivity index (χ2v) is 8.76. The van der Waals surface area contributed by atoms with E-state index in [1.807, 2.05) is 18.7 Å². The minimum absolute atomic E-state index is 0.0770. The van der Waals surface area contributed by atoms with Crippen LogP contribution in [0.4, 0.5) is 4.79 Å². The molecule has 4 amide bonds. The van der Waals surface area contributed by atoms with Crippen molar-refractivity contribution in [3.8, 4) is 0 Å². The summed E-state index contributed by atoms with van der Waals surface area (Å²) >= 11 is 0. The molecule has 0 aromatic rings. The Balaban J connectivity index is 1.66. The highest BCUT2D eigenvalue weighted by molar-refractivity contribution is 6.07. The van der Waals surface area contributed by atoms with Gasteiger partial charge in [0, 0.05) is 32.6 Å². The van der Waals surface area contributed by atoms with Gasteiger partial charge >= 0.3 is 6.03 Å². The predicted molar refractivity (Wildman–Crippen MR) is 103 cm³/mol. The zero-order chi connectivity index (χ0) is 19.6. The van der Waals surface area contributed by atoms with Crippen LogP contribution in [0.1, 0.15) is 59.3 Å². The molecular formula is C20H34N4O3. The molecule has 3 aliphatic rings. The summed E-state index contributed by atoms with van der Waals surface area (Å²) in [6.45, 7) is 10.2. The van der Waals surface area contributed by atoms with Crippen LogP contribution in [0, 0.1) is 5.92 Å². The Bertz CT molecular complexity index is 584. The number of urea groups is 1. The van der Waals surface area contributed by atoms with E-state index in [4.69, 9.17) is 0 Å². The first-order valence-corrected chi connectivity index (χ1v) is 10.5. The fourth-order valence-corrected chi connectivity index (χ4v) is 4.66. The molecule has 1 N–H and O–H groups in total. The maximum atomic E-state index is 13.2. The van der Waals surface area contributed by atoms with E-state index in [0.29, 0.717) is 31.7 Å². The minimum Gasteiger partial charge on any atom is -0.341 e. The van der Waals surface area contributed by atoms with Gasteiger partial charge in [-0.25, -0.2) is 4.79 Å². The van der Waals surface area contributed by atoms with Gasteiger partial charge in [0.1, 0.15) is 5.54 Å². The van der Waals surface area contributed by atoms with E-state index in [-0.39, 0.29) is 23.9 Å². The molecule has 3 aliphatic heterocycles. The van der Waals surface area contributed by atoms with Crippen molar-refractivity contribution in [2.75, 3.05) is 32.7 Å². The molecule has 0 bridgehead atoms. The van der Waals surface area contributed by atoms with Crippen molar-refractivity contribution in [2.24, 2.45) is 5.92 Å². The molecule has 0 aromatic heterocycles. The molecule has 1 atom stereocenters. The summed E-state index contributed by atoms with van der Waals surface area (Å²) in [6.07, 6.45) is 4.59. The average molecular weight is 379 g/mol. The number of carbonyl (C=O) groups is 3. The van der Waals surface area contributed by atoms with Gasteiger partial charge < -0.3 is 15.1 Å². The van der Waals surface area contributed by atoms with Gasteiger partial charge in [0.05, 0.1) is 6.04 Å². The van der Waals surface area contributed by atoms with E-state index in [2.05, 4.69) is 17.1 Å². The fourth-order valence-electron chi connectivity index (χ4n) is 4.66. The summed E-state index contributed by atoms with van der Waals surface area (Å²) < 4.78 is 0. The van der Waals surface area contributed by atoms with Crippen LogP contribution in [0.15, 0.2) is 0 Å². The third-order valence-corrected chi connectivity index (χ3v) is 6.14. The molecule has 0 saturated carbocycles. The maximum Gasteiger partial charge on any atom is 0.325 e. The standard InChI is InChI=1S/C20H34N4O3/c1-4-9-22-11-7-20(8-12-22)18(26)24(19(27)21-20)16-6-5-10-23(14-16)17(25)13-15(2)3/h15-16H,4-14H2,1-3H3,(H,21,27). The second-order valence-electron chi connectivity index (χ2n) is 8.76. The van der Waals surface area contributed by atoms with Crippen molar-refractivity contribution in [1.82, 2.24) is 20.0 Å². The number of imide groups is 1. The molecular weight excluding hydrogens is 344 g/mol. The number of rotatable bonds is 5.